The highest BCUT2D eigenvalue weighted by Crippen LogP contribution is 2.26. The van der Waals surface area contributed by atoms with Crippen LogP contribution in [-0.4, -0.2) is 29.8 Å². The van der Waals surface area contributed by atoms with E-state index in [0.29, 0.717) is 0 Å². The molecule has 0 unspecified atom stereocenters. The molecule has 1 aliphatic carbocycles. The number of aromatic amines is 1. The Kier molecular flexibility index (Phi) is 4.14. The lowest BCUT2D eigenvalue weighted by atomic mass is 9.98. The molecule has 0 spiro atoms. The van der Waals surface area contributed by atoms with Crippen molar-refractivity contribution in [3.8, 4) is 0 Å². The molecular weight excluding hydrogens is 272 g/mol. The van der Waals surface area contributed by atoms with Gasteiger partial charge in [0, 0.05) is 31.4 Å². The molecule has 0 fully saturated rings. The molecular formula is C19H22N2O. The fourth-order valence-corrected chi connectivity index (χ4v) is 3.00. The number of rotatable bonds is 4. The minimum Gasteiger partial charge on any atom is -0.376 e. The summed E-state index contributed by atoms with van der Waals surface area (Å²) in [5.74, 6) is 0.0388. The van der Waals surface area contributed by atoms with Crippen molar-refractivity contribution in [3.05, 3.63) is 65.0 Å². The Hall–Kier alpha value is -2.29. The quantitative estimate of drug-likeness (QED) is 0.690. The van der Waals surface area contributed by atoms with Gasteiger partial charge in [-0.15, -0.1) is 0 Å². The van der Waals surface area contributed by atoms with Crippen LogP contribution in [0.4, 0.5) is 0 Å². The van der Waals surface area contributed by atoms with Crippen LogP contribution >= 0.6 is 0 Å². The monoisotopic (exact) mass is 294 g/mol. The molecule has 3 heteroatoms. The van der Waals surface area contributed by atoms with Crippen molar-refractivity contribution in [3.63, 3.8) is 0 Å². The molecule has 0 atom stereocenters. The molecule has 0 bridgehead atoms. The maximum absolute atomic E-state index is 12.5. The third-order valence-corrected chi connectivity index (χ3v) is 4.20. The second kappa shape index (κ2) is 6.22. The van der Waals surface area contributed by atoms with Crippen molar-refractivity contribution >= 4 is 11.5 Å². The zero-order valence-electron chi connectivity index (χ0n) is 13.2. The van der Waals surface area contributed by atoms with E-state index in [1.165, 1.54) is 24.1 Å². The summed E-state index contributed by atoms with van der Waals surface area (Å²) in [6.07, 6.45) is 6.49. The number of allylic oxidation sites excluding steroid dienone is 1. The maximum atomic E-state index is 12.5. The molecule has 1 N–H and O–H groups in total. The first kappa shape index (κ1) is 14.6. The average Bonchev–Trinajstić information content (AvgIpc) is 2.96. The van der Waals surface area contributed by atoms with Crippen molar-refractivity contribution in [1.82, 2.24) is 9.88 Å². The van der Waals surface area contributed by atoms with Gasteiger partial charge in [0.15, 0.2) is 5.78 Å². The first-order valence-electron chi connectivity index (χ1n) is 7.84. The summed E-state index contributed by atoms with van der Waals surface area (Å²) in [4.78, 5) is 18.0. The topological polar surface area (TPSA) is 36.1 Å². The fraction of sp³-hybridized carbons (Fsp3) is 0.316. The Morgan fingerprint density at radius 3 is 2.55 bits per heavy atom. The van der Waals surface area contributed by atoms with Gasteiger partial charge < -0.3 is 9.88 Å². The molecule has 3 nitrogen and oxygen atoms in total. The van der Waals surface area contributed by atoms with Crippen LogP contribution in [0.1, 0.15) is 40.2 Å². The highest BCUT2D eigenvalue weighted by molar-refractivity contribution is 6.08. The number of hydrogen-bond donors (Lipinski definition) is 1. The number of aryl methyl sites for hydroxylation is 2. The molecule has 1 aliphatic rings. The Bertz CT molecular complexity index is 672. The van der Waals surface area contributed by atoms with E-state index in [0.717, 1.165) is 29.8 Å². The minimum atomic E-state index is 0.0388. The molecule has 22 heavy (non-hydrogen) atoms. The summed E-state index contributed by atoms with van der Waals surface area (Å²) in [6.45, 7) is 0. The van der Waals surface area contributed by atoms with Crippen molar-refractivity contribution in [1.29, 1.82) is 0 Å². The van der Waals surface area contributed by atoms with Crippen LogP contribution in [-0.2, 0) is 12.8 Å². The van der Waals surface area contributed by atoms with Crippen LogP contribution in [0.5, 0.6) is 0 Å². The number of fused-ring (bicyclic) bond motifs is 1. The summed E-state index contributed by atoms with van der Waals surface area (Å²) < 4.78 is 0. The van der Waals surface area contributed by atoms with E-state index in [1.807, 2.05) is 49.3 Å². The van der Waals surface area contributed by atoms with Crippen LogP contribution < -0.4 is 0 Å². The molecule has 0 saturated carbocycles. The first-order chi connectivity index (χ1) is 10.6. The zero-order valence-corrected chi connectivity index (χ0v) is 13.2. The molecule has 2 aromatic rings. The summed E-state index contributed by atoms with van der Waals surface area (Å²) >= 11 is 0. The SMILES string of the molecule is CN(C)/C(=C/C(=O)c1ccccc1)c1cc2c([nH]1)CCCC2. The standard InChI is InChI=1S/C19H22N2O/c1-21(2)18(13-19(22)14-8-4-3-5-9-14)17-12-15-10-6-7-11-16(15)20-17/h3-5,8-9,12-13,20H,6-7,10-11H2,1-2H3/b18-13+. The van der Waals surface area contributed by atoms with Crippen LogP contribution in [0.3, 0.4) is 0 Å². The van der Waals surface area contributed by atoms with Crippen molar-refractivity contribution in [2.24, 2.45) is 0 Å². The average molecular weight is 294 g/mol. The van der Waals surface area contributed by atoms with Gasteiger partial charge in [-0.05, 0) is 37.3 Å². The Morgan fingerprint density at radius 1 is 1.14 bits per heavy atom. The number of aromatic nitrogens is 1. The largest absolute Gasteiger partial charge is 0.376 e. The summed E-state index contributed by atoms with van der Waals surface area (Å²) in [5.41, 5.74) is 5.44. The third-order valence-electron chi connectivity index (χ3n) is 4.20. The lowest BCUT2D eigenvalue weighted by Gasteiger charge is -2.16. The number of carbonyl (C=O) groups is 1. The van der Waals surface area contributed by atoms with E-state index < -0.39 is 0 Å². The zero-order chi connectivity index (χ0) is 15.5. The molecule has 1 aromatic heterocycles. The van der Waals surface area contributed by atoms with E-state index in [4.69, 9.17) is 0 Å². The highest BCUT2D eigenvalue weighted by atomic mass is 16.1. The van der Waals surface area contributed by atoms with E-state index in [2.05, 4.69) is 11.1 Å². The van der Waals surface area contributed by atoms with Gasteiger partial charge >= 0.3 is 0 Å². The second-order valence-electron chi connectivity index (χ2n) is 6.05. The Morgan fingerprint density at radius 2 is 1.86 bits per heavy atom. The molecule has 1 aromatic carbocycles. The van der Waals surface area contributed by atoms with Gasteiger partial charge in [-0.25, -0.2) is 0 Å². The van der Waals surface area contributed by atoms with Crippen molar-refractivity contribution in [2.75, 3.05) is 14.1 Å². The molecule has 0 radical (unpaired) electrons. The van der Waals surface area contributed by atoms with Gasteiger partial charge in [-0.3, -0.25) is 4.79 Å². The van der Waals surface area contributed by atoms with E-state index in [-0.39, 0.29) is 5.78 Å². The Balaban J connectivity index is 1.94. The van der Waals surface area contributed by atoms with Crippen molar-refractivity contribution < 1.29 is 4.79 Å². The van der Waals surface area contributed by atoms with E-state index in [1.54, 1.807) is 6.08 Å². The molecule has 0 aliphatic heterocycles. The number of H-pyrrole nitrogens is 1. The predicted molar refractivity (Wildman–Crippen MR) is 89.9 cm³/mol. The smallest absolute Gasteiger partial charge is 0.187 e. The van der Waals surface area contributed by atoms with Gasteiger partial charge in [0.2, 0.25) is 0 Å². The lowest BCUT2D eigenvalue weighted by Crippen LogP contribution is -2.12. The van der Waals surface area contributed by atoms with Crippen LogP contribution in [0.25, 0.3) is 5.70 Å². The van der Waals surface area contributed by atoms with E-state index in [9.17, 15) is 4.79 Å². The summed E-state index contributed by atoms with van der Waals surface area (Å²) in [6, 6.07) is 11.6. The number of ketones is 1. The molecule has 3 rings (SSSR count). The Labute approximate surface area is 131 Å². The summed E-state index contributed by atoms with van der Waals surface area (Å²) in [5, 5.41) is 0. The van der Waals surface area contributed by atoms with Gasteiger partial charge in [0.1, 0.15) is 0 Å². The fourth-order valence-electron chi connectivity index (χ4n) is 3.00. The number of benzene rings is 1. The predicted octanol–water partition coefficient (Wildman–Crippen LogP) is 3.68. The molecule has 0 saturated heterocycles. The minimum absolute atomic E-state index is 0.0388. The number of nitrogens with one attached hydrogen (secondary N) is 1. The van der Waals surface area contributed by atoms with Crippen LogP contribution in [0, 0.1) is 0 Å². The van der Waals surface area contributed by atoms with Crippen LogP contribution in [0.2, 0.25) is 0 Å². The number of nitrogens with zero attached hydrogens (tertiary/aromatic N) is 1. The maximum Gasteiger partial charge on any atom is 0.187 e. The van der Waals surface area contributed by atoms with Crippen LogP contribution in [0.15, 0.2) is 42.5 Å². The van der Waals surface area contributed by atoms with E-state index >= 15 is 0 Å². The first-order valence-corrected chi connectivity index (χ1v) is 7.84. The molecule has 0 amide bonds. The number of carbonyl (C=O) groups excluding carboxylic acids is 1. The number of hydrogen-bond acceptors (Lipinski definition) is 2. The molecule has 1 heterocycles. The van der Waals surface area contributed by atoms with Gasteiger partial charge in [-0.2, -0.15) is 0 Å². The second-order valence-corrected chi connectivity index (χ2v) is 6.05. The van der Waals surface area contributed by atoms with Crippen molar-refractivity contribution in [2.45, 2.75) is 25.7 Å². The normalized spacial score (nSPS) is 14.5. The summed E-state index contributed by atoms with van der Waals surface area (Å²) in [7, 11) is 3.95. The van der Waals surface area contributed by atoms with Gasteiger partial charge in [0.05, 0.1) is 11.4 Å². The van der Waals surface area contributed by atoms with Gasteiger partial charge in [-0.1, -0.05) is 30.3 Å². The lowest BCUT2D eigenvalue weighted by molar-refractivity contribution is 0.104. The van der Waals surface area contributed by atoms with Gasteiger partial charge in [0.25, 0.3) is 0 Å². The molecule has 114 valence electrons. The third kappa shape index (κ3) is 2.98. The highest BCUT2D eigenvalue weighted by Gasteiger charge is 2.16.